The Morgan fingerprint density at radius 1 is 0.826 bits per heavy atom. The van der Waals surface area contributed by atoms with Crippen LogP contribution in [0.2, 0.25) is 0 Å². The molecule has 0 aliphatic carbocycles. The summed E-state index contributed by atoms with van der Waals surface area (Å²) in [6.07, 6.45) is 2.13. The monoisotopic (exact) mass is 414 g/mol. The van der Waals surface area contributed by atoms with Crippen LogP contribution >= 0.6 is 0 Å². The van der Waals surface area contributed by atoms with Gasteiger partial charge in [0.05, 0.1) is 0 Å². The number of fused-ring (bicyclic) bond motifs is 7. The van der Waals surface area contributed by atoms with E-state index in [1.807, 2.05) is 30.3 Å². The van der Waals surface area contributed by atoms with Crippen LogP contribution in [-0.4, -0.2) is 4.40 Å². The molecule has 4 heteroatoms. The van der Waals surface area contributed by atoms with Gasteiger partial charge in [0.1, 0.15) is 23.0 Å². The van der Waals surface area contributed by atoms with Gasteiger partial charge in [-0.1, -0.05) is 18.2 Å². The predicted octanol–water partition coefficient (Wildman–Crippen LogP) is 1.13. The van der Waals surface area contributed by atoms with Crippen molar-refractivity contribution in [2.24, 2.45) is 0 Å². The van der Waals surface area contributed by atoms with Crippen LogP contribution in [0.25, 0.3) is 33.0 Å². The average Bonchev–Trinajstić information content (AvgIpc) is 2.94. The Morgan fingerprint density at radius 2 is 1.65 bits per heavy atom. The van der Waals surface area contributed by atoms with Gasteiger partial charge in [-0.2, -0.15) is 8.80 Å². The first-order chi connectivity index (χ1) is 10.8. The summed E-state index contributed by atoms with van der Waals surface area (Å²) >= 11 is 0. The zero-order valence-corrected chi connectivity index (χ0v) is 14.2. The fraction of sp³-hybridized carbons (Fsp3) is 0. The molecule has 0 spiro atoms. The summed E-state index contributed by atoms with van der Waals surface area (Å²) in [5, 5.41) is 2.10. The van der Waals surface area contributed by atoms with Crippen molar-refractivity contribution in [1.29, 1.82) is 0 Å². The van der Waals surface area contributed by atoms with E-state index in [1.54, 1.807) is 6.07 Å². The Hall–Kier alpha value is -2.21. The Kier molecular flexibility index (Phi) is 3.23. The standard InChI is InChI=1S/C19H12FN2.HI/c20-15-7-9-18-14(11-15)5-8-16-12-21-17-4-2-1-3-13(17)6-10-19(21)22(16)18;/h1-12H;1H/q+1;/p-1. The van der Waals surface area contributed by atoms with Gasteiger partial charge in [0, 0.05) is 16.8 Å². The third kappa shape index (κ3) is 2.01. The van der Waals surface area contributed by atoms with Gasteiger partial charge >= 0.3 is 0 Å². The number of hydrogen-bond donors (Lipinski definition) is 0. The molecule has 0 N–H and O–H groups in total. The van der Waals surface area contributed by atoms with Crippen molar-refractivity contribution in [3.8, 4) is 0 Å². The summed E-state index contributed by atoms with van der Waals surface area (Å²) in [6.45, 7) is 0. The Labute approximate surface area is 148 Å². The van der Waals surface area contributed by atoms with E-state index in [2.05, 4.69) is 39.3 Å². The molecule has 0 unspecified atom stereocenters. The number of benzene rings is 2. The summed E-state index contributed by atoms with van der Waals surface area (Å²) in [5.74, 6) is -0.207. The van der Waals surface area contributed by atoms with Crippen LogP contribution in [0.4, 0.5) is 4.39 Å². The molecule has 0 saturated carbocycles. The zero-order chi connectivity index (χ0) is 14.7. The fourth-order valence-electron chi connectivity index (χ4n) is 3.27. The number of hydrogen-bond acceptors (Lipinski definition) is 0. The van der Waals surface area contributed by atoms with Crippen LogP contribution in [0.15, 0.2) is 72.9 Å². The van der Waals surface area contributed by atoms with Gasteiger partial charge in [-0.15, -0.1) is 0 Å². The van der Waals surface area contributed by atoms with E-state index in [4.69, 9.17) is 0 Å². The number of rotatable bonds is 0. The minimum absolute atomic E-state index is 0. The van der Waals surface area contributed by atoms with Crippen LogP contribution in [-0.2, 0) is 0 Å². The molecule has 0 saturated heterocycles. The first-order valence-corrected chi connectivity index (χ1v) is 7.24. The minimum atomic E-state index is -0.207. The molecular weight excluding hydrogens is 402 g/mol. The van der Waals surface area contributed by atoms with E-state index >= 15 is 0 Å². The topological polar surface area (TPSA) is 8.51 Å². The summed E-state index contributed by atoms with van der Waals surface area (Å²) < 4.78 is 17.8. The lowest BCUT2D eigenvalue weighted by molar-refractivity contribution is -0.479. The highest BCUT2D eigenvalue weighted by molar-refractivity contribution is 5.85. The van der Waals surface area contributed by atoms with Crippen molar-refractivity contribution in [3.63, 3.8) is 0 Å². The molecule has 112 valence electrons. The van der Waals surface area contributed by atoms with Crippen molar-refractivity contribution in [2.45, 2.75) is 0 Å². The molecular formula is C19H12FIN2. The maximum Gasteiger partial charge on any atom is 0.292 e. The lowest BCUT2D eigenvalue weighted by atomic mass is 10.2. The van der Waals surface area contributed by atoms with Crippen molar-refractivity contribution in [3.05, 3.63) is 78.7 Å². The maximum atomic E-state index is 13.5. The van der Waals surface area contributed by atoms with Gasteiger partial charge in [0.2, 0.25) is 0 Å². The van der Waals surface area contributed by atoms with Crippen molar-refractivity contribution in [1.82, 2.24) is 4.40 Å². The molecule has 2 aromatic carbocycles. The molecule has 0 amide bonds. The molecule has 0 fully saturated rings. The van der Waals surface area contributed by atoms with Gasteiger partial charge in [0.15, 0.2) is 5.52 Å². The van der Waals surface area contributed by atoms with Crippen LogP contribution in [0.1, 0.15) is 0 Å². The Balaban J connectivity index is 0.00000135. The second kappa shape index (κ2) is 5.16. The number of para-hydroxylation sites is 1. The molecule has 3 aromatic heterocycles. The number of nitrogens with zero attached hydrogens (tertiary/aromatic N) is 2. The molecule has 23 heavy (non-hydrogen) atoms. The van der Waals surface area contributed by atoms with Crippen molar-refractivity contribution >= 4 is 33.0 Å². The van der Waals surface area contributed by atoms with Gasteiger partial charge in [-0.05, 0) is 42.5 Å². The van der Waals surface area contributed by atoms with E-state index in [-0.39, 0.29) is 29.8 Å². The number of pyridine rings is 2. The molecule has 0 radical (unpaired) electrons. The van der Waals surface area contributed by atoms with Crippen LogP contribution < -0.4 is 28.4 Å². The number of halogens is 2. The summed E-state index contributed by atoms with van der Waals surface area (Å²) in [7, 11) is 0. The molecule has 2 nitrogen and oxygen atoms in total. The third-order valence-electron chi connectivity index (χ3n) is 4.27. The fourth-order valence-corrected chi connectivity index (χ4v) is 3.27. The van der Waals surface area contributed by atoms with Crippen LogP contribution in [0, 0.1) is 5.82 Å². The van der Waals surface area contributed by atoms with Gasteiger partial charge < -0.3 is 24.0 Å². The quantitative estimate of drug-likeness (QED) is 0.265. The highest BCUT2D eigenvalue weighted by atomic mass is 127. The molecule has 0 aliphatic heterocycles. The molecule has 3 heterocycles. The first kappa shape index (κ1) is 14.4. The molecule has 0 atom stereocenters. The second-order valence-electron chi connectivity index (χ2n) is 5.55. The Bertz CT molecular complexity index is 1190. The highest BCUT2D eigenvalue weighted by Crippen LogP contribution is 2.21. The predicted molar refractivity (Wildman–Crippen MR) is 85.5 cm³/mol. The summed E-state index contributed by atoms with van der Waals surface area (Å²) in [5.41, 5.74) is 4.34. The lowest BCUT2D eigenvalue weighted by Gasteiger charge is -1.98. The smallest absolute Gasteiger partial charge is 0.292 e. The van der Waals surface area contributed by atoms with Gasteiger partial charge in [-0.3, -0.25) is 0 Å². The third-order valence-corrected chi connectivity index (χ3v) is 4.27. The SMILES string of the molecule is Fc1ccc2c(ccc3c[n+]4c5ccccc5ccc4n32)c1.[I-]. The van der Waals surface area contributed by atoms with E-state index in [1.165, 1.54) is 17.0 Å². The number of imidazole rings is 1. The second-order valence-corrected chi connectivity index (χ2v) is 5.55. The summed E-state index contributed by atoms with van der Waals surface area (Å²) in [6, 6.07) is 21.5. The minimum Gasteiger partial charge on any atom is -1.00 e. The van der Waals surface area contributed by atoms with E-state index in [0.717, 1.165) is 22.1 Å². The van der Waals surface area contributed by atoms with Gasteiger partial charge in [0.25, 0.3) is 5.65 Å². The molecule has 0 bridgehead atoms. The Morgan fingerprint density at radius 3 is 2.57 bits per heavy atom. The highest BCUT2D eigenvalue weighted by Gasteiger charge is 2.16. The van der Waals surface area contributed by atoms with E-state index in [0.29, 0.717) is 0 Å². The van der Waals surface area contributed by atoms with Crippen molar-refractivity contribution in [2.75, 3.05) is 0 Å². The van der Waals surface area contributed by atoms with E-state index < -0.39 is 0 Å². The average molecular weight is 414 g/mol. The molecule has 0 aliphatic rings. The van der Waals surface area contributed by atoms with E-state index in [9.17, 15) is 4.39 Å². The largest absolute Gasteiger partial charge is 1.00 e. The van der Waals surface area contributed by atoms with Crippen LogP contribution in [0.3, 0.4) is 0 Å². The van der Waals surface area contributed by atoms with Crippen LogP contribution in [0.5, 0.6) is 0 Å². The van der Waals surface area contributed by atoms with Crippen molar-refractivity contribution < 1.29 is 32.8 Å². The lowest BCUT2D eigenvalue weighted by Crippen LogP contribution is -3.00. The summed E-state index contributed by atoms with van der Waals surface area (Å²) in [4.78, 5) is 0. The normalized spacial score (nSPS) is 11.3. The first-order valence-electron chi connectivity index (χ1n) is 7.24. The van der Waals surface area contributed by atoms with Gasteiger partial charge in [-0.25, -0.2) is 4.39 Å². The molecule has 5 rings (SSSR count). The maximum absolute atomic E-state index is 13.5. The molecule has 5 aromatic rings. The zero-order valence-electron chi connectivity index (χ0n) is 12.1. The number of aromatic nitrogens is 2.